The summed E-state index contributed by atoms with van der Waals surface area (Å²) < 4.78 is 9.81. The van der Waals surface area contributed by atoms with Crippen molar-refractivity contribution in [2.24, 2.45) is 0 Å². The van der Waals surface area contributed by atoms with E-state index in [2.05, 4.69) is 0 Å². The van der Waals surface area contributed by atoms with Gasteiger partial charge in [-0.3, -0.25) is 0 Å². The Balaban J connectivity index is 2.73. The lowest BCUT2D eigenvalue weighted by Gasteiger charge is -2.40. The summed E-state index contributed by atoms with van der Waals surface area (Å²) in [5.74, 6) is 0. The van der Waals surface area contributed by atoms with Crippen LogP contribution in [0.2, 0.25) is 0 Å². The molecule has 6 nitrogen and oxygen atoms in total. The summed E-state index contributed by atoms with van der Waals surface area (Å²) in [5.41, 5.74) is 0. The largest absolute Gasteiger partial charge is 0.391 e. The van der Waals surface area contributed by atoms with Crippen LogP contribution in [0.3, 0.4) is 0 Å². The molecular weight excluding hydrogens is 192 g/mol. The number of ether oxygens (including phenoxy) is 2. The van der Waals surface area contributed by atoms with Gasteiger partial charge in [-0.05, 0) is 6.92 Å². The fraction of sp³-hybridized carbons (Fsp3) is 1.00. The summed E-state index contributed by atoms with van der Waals surface area (Å²) in [6.07, 6.45) is -6.97. The van der Waals surface area contributed by atoms with E-state index >= 15 is 0 Å². The SMILES string of the molecule is CO[C@H]1O[C@H]([C@H](C)O)[C@@H](O)[C@H](O)[C@@H]1O. The lowest BCUT2D eigenvalue weighted by atomic mass is 9.96. The van der Waals surface area contributed by atoms with Crippen molar-refractivity contribution < 1.29 is 29.9 Å². The van der Waals surface area contributed by atoms with Gasteiger partial charge in [0, 0.05) is 7.11 Å². The molecule has 1 saturated heterocycles. The maximum absolute atomic E-state index is 9.44. The van der Waals surface area contributed by atoms with Gasteiger partial charge in [0.2, 0.25) is 0 Å². The summed E-state index contributed by atoms with van der Waals surface area (Å²) >= 11 is 0. The van der Waals surface area contributed by atoms with Gasteiger partial charge in [0.25, 0.3) is 0 Å². The number of aliphatic hydroxyl groups is 4. The van der Waals surface area contributed by atoms with Crippen LogP contribution in [0, 0.1) is 0 Å². The van der Waals surface area contributed by atoms with Crippen LogP contribution >= 0.6 is 0 Å². The van der Waals surface area contributed by atoms with E-state index in [9.17, 15) is 20.4 Å². The van der Waals surface area contributed by atoms with E-state index in [-0.39, 0.29) is 0 Å². The highest BCUT2D eigenvalue weighted by Crippen LogP contribution is 2.23. The van der Waals surface area contributed by atoms with Crippen molar-refractivity contribution >= 4 is 0 Å². The number of rotatable bonds is 2. The van der Waals surface area contributed by atoms with Crippen LogP contribution in [0.4, 0.5) is 0 Å². The zero-order chi connectivity index (χ0) is 10.9. The van der Waals surface area contributed by atoms with E-state index in [0.717, 1.165) is 0 Å². The van der Waals surface area contributed by atoms with Crippen molar-refractivity contribution in [3.05, 3.63) is 0 Å². The van der Waals surface area contributed by atoms with Crippen LogP contribution in [0.5, 0.6) is 0 Å². The van der Waals surface area contributed by atoms with Gasteiger partial charge in [-0.25, -0.2) is 0 Å². The minimum absolute atomic E-state index is 0.954. The monoisotopic (exact) mass is 208 g/mol. The molecule has 1 aliphatic rings. The highest BCUT2D eigenvalue weighted by molar-refractivity contribution is 4.91. The molecule has 1 fully saturated rings. The summed E-state index contributed by atoms with van der Waals surface area (Å²) in [4.78, 5) is 0. The number of hydrogen-bond donors (Lipinski definition) is 4. The quantitative estimate of drug-likeness (QED) is 0.412. The third-order valence-corrected chi connectivity index (χ3v) is 2.31. The van der Waals surface area contributed by atoms with Crippen molar-refractivity contribution in [2.45, 2.75) is 43.7 Å². The van der Waals surface area contributed by atoms with Gasteiger partial charge in [-0.1, -0.05) is 0 Å². The van der Waals surface area contributed by atoms with Crippen molar-refractivity contribution in [1.29, 1.82) is 0 Å². The minimum Gasteiger partial charge on any atom is -0.391 e. The summed E-state index contributed by atoms with van der Waals surface area (Å²) in [7, 11) is 1.30. The third-order valence-electron chi connectivity index (χ3n) is 2.31. The fourth-order valence-electron chi connectivity index (χ4n) is 1.47. The fourth-order valence-corrected chi connectivity index (χ4v) is 1.47. The molecule has 4 N–H and O–H groups in total. The summed E-state index contributed by atoms with van der Waals surface area (Å²) in [5, 5.41) is 37.4. The molecule has 6 heteroatoms. The van der Waals surface area contributed by atoms with E-state index in [4.69, 9.17) is 9.47 Å². The molecule has 1 aliphatic heterocycles. The lowest BCUT2D eigenvalue weighted by Crippen LogP contribution is -2.60. The van der Waals surface area contributed by atoms with Crippen molar-refractivity contribution in [2.75, 3.05) is 7.11 Å². The average Bonchev–Trinajstić information content (AvgIpc) is 2.14. The van der Waals surface area contributed by atoms with Gasteiger partial charge in [0.1, 0.15) is 24.4 Å². The highest BCUT2D eigenvalue weighted by Gasteiger charge is 2.45. The lowest BCUT2D eigenvalue weighted by molar-refractivity contribution is -0.302. The van der Waals surface area contributed by atoms with Gasteiger partial charge >= 0.3 is 0 Å². The topological polar surface area (TPSA) is 99.4 Å². The smallest absolute Gasteiger partial charge is 0.186 e. The molecule has 0 aromatic heterocycles. The predicted octanol–water partition coefficient (Wildman–Crippen LogP) is -2.18. The van der Waals surface area contributed by atoms with Crippen LogP contribution in [0.25, 0.3) is 0 Å². The van der Waals surface area contributed by atoms with Crippen LogP contribution in [-0.2, 0) is 9.47 Å². The van der Waals surface area contributed by atoms with Crippen LogP contribution in [0.15, 0.2) is 0 Å². The molecule has 0 aromatic rings. The van der Waals surface area contributed by atoms with Crippen molar-refractivity contribution in [3.63, 3.8) is 0 Å². The third kappa shape index (κ3) is 2.05. The molecule has 84 valence electrons. The molecule has 0 spiro atoms. The second-order valence-electron chi connectivity index (χ2n) is 3.42. The summed E-state index contributed by atoms with van der Waals surface area (Å²) in [6.45, 7) is 1.42. The molecule has 6 atom stereocenters. The van der Waals surface area contributed by atoms with Crippen molar-refractivity contribution in [3.8, 4) is 0 Å². The van der Waals surface area contributed by atoms with Crippen LogP contribution in [-0.4, -0.2) is 64.3 Å². The molecule has 0 bridgehead atoms. The maximum Gasteiger partial charge on any atom is 0.186 e. The second kappa shape index (κ2) is 4.52. The van der Waals surface area contributed by atoms with E-state index in [0.29, 0.717) is 0 Å². The van der Waals surface area contributed by atoms with E-state index < -0.39 is 36.8 Å². The Morgan fingerprint density at radius 3 is 2.14 bits per heavy atom. The minimum atomic E-state index is -1.38. The van der Waals surface area contributed by atoms with Gasteiger partial charge < -0.3 is 29.9 Å². The Labute approximate surface area is 81.7 Å². The Kier molecular flexibility index (Phi) is 3.82. The van der Waals surface area contributed by atoms with Crippen LogP contribution in [0.1, 0.15) is 6.92 Å². The standard InChI is InChI=1S/C8H16O6/c1-3(9)7-5(11)4(10)6(12)8(13-2)14-7/h3-12H,1-2H3/t3-,4-,5-,6-,7+,8-/m0/s1. The molecular formula is C8H16O6. The molecule has 14 heavy (non-hydrogen) atoms. The van der Waals surface area contributed by atoms with E-state index in [1.165, 1.54) is 14.0 Å². The zero-order valence-electron chi connectivity index (χ0n) is 8.07. The number of hydrogen-bond acceptors (Lipinski definition) is 6. The Bertz CT molecular complexity index is 183. The van der Waals surface area contributed by atoms with Gasteiger partial charge in [0.15, 0.2) is 6.29 Å². The van der Waals surface area contributed by atoms with Gasteiger partial charge in [-0.2, -0.15) is 0 Å². The molecule has 0 saturated carbocycles. The summed E-state index contributed by atoms with van der Waals surface area (Å²) in [6, 6.07) is 0. The van der Waals surface area contributed by atoms with Crippen LogP contribution < -0.4 is 0 Å². The van der Waals surface area contributed by atoms with Crippen molar-refractivity contribution in [1.82, 2.24) is 0 Å². The first-order chi connectivity index (χ1) is 6.49. The number of aliphatic hydroxyl groups excluding tert-OH is 4. The van der Waals surface area contributed by atoms with Gasteiger partial charge in [-0.15, -0.1) is 0 Å². The highest BCUT2D eigenvalue weighted by atomic mass is 16.7. The molecule has 1 rings (SSSR count). The average molecular weight is 208 g/mol. The molecule has 0 unspecified atom stereocenters. The molecule has 1 heterocycles. The van der Waals surface area contributed by atoms with Gasteiger partial charge in [0.05, 0.1) is 6.10 Å². The van der Waals surface area contributed by atoms with E-state index in [1.54, 1.807) is 0 Å². The molecule has 0 aromatic carbocycles. The normalized spacial score (nSPS) is 46.3. The first-order valence-electron chi connectivity index (χ1n) is 4.39. The molecule has 0 radical (unpaired) electrons. The Morgan fingerprint density at radius 1 is 1.14 bits per heavy atom. The first-order valence-corrected chi connectivity index (χ1v) is 4.39. The Hall–Kier alpha value is -0.240. The molecule has 0 aliphatic carbocycles. The Morgan fingerprint density at radius 2 is 1.71 bits per heavy atom. The predicted molar refractivity (Wildman–Crippen MR) is 45.4 cm³/mol. The second-order valence-corrected chi connectivity index (χ2v) is 3.42. The zero-order valence-corrected chi connectivity index (χ0v) is 8.07. The number of methoxy groups -OCH3 is 1. The maximum atomic E-state index is 9.44. The molecule has 0 amide bonds. The van der Waals surface area contributed by atoms with E-state index in [1.807, 2.05) is 0 Å². The first kappa shape index (κ1) is 11.8.